The summed E-state index contributed by atoms with van der Waals surface area (Å²) in [5.74, 6) is 1.87. The average molecular weight is 544 g/mol. The maximum absolute atomic E-state index is 3.77. The topological polar surface area (TPSA) is 19.7 Å². The van der Waals surface area contributed by atoms with Crippen LogP contribution in [0.5, 0.6) is 0 Å². The van der Waals surface area contributed by atoms with Gasteiger partial charge in [-0.25, -0.2) is 9.55 Å². The number of benzene rings is 2. The minimum Gasteiger partial charge on any atom is -0.247 e. The molecule has 2 unspecified atom stereocenters. The highest BCUT2D eigenvalue weighted by Crippen LogP contribution is 2.43. The van der Waals surface area contributed by atoms with Gasteiger partial charge in [-0.2, -0.15) is 0 Å². The Morgan fingerprint density at radius 3 is 1.77 bits per heavy atom. The zero-order valence-electron chi connectivity index (χ0n) is 26.2. The largest absolute Gasteiger partial charge is 0.258 e. The molecular weight excluding hydrogens is 484 g/mol. The molecule has 0 aliphatic rings. The molecule has 0 aliphatic heterocycles. The lowest BCUT2D eigenvalue weighted by Crippen LogP contribution is -2.43. The first kappa shape index (κ1) is 32.2. The summed E-state index contributed by atoms with van der Waals surface area (Å²) in [6, 6.07) is 22.5. The van der Waals surface area contributed by atoms with Crippen molar-refractivity contribution in [2.45, 2.75) is 148 Å². The minimum atomic E-state index is 0.0104. The SMILES string of the molecule is CCCCCCCCCCCC(c1[nH]cc[n+]1CCCCCCCC)C(C)(Cc1ccccc1)c1ccccc1. The van der Waals surface area contributed by atoms with Crippen molar-refractivity contribution < 1.29 is 4.57 Å². The van der Waals surface area contributed by atoms with Gasteiger partial charge in [-0.1, -0.05) is 165 Å². The number of aromatic nitrogens is 2. The summed E-state index contributed by atoms with van der Waals surface area (Å²) in [7, 11) is 0. The molecule has 3 rings (SSSR count). The van der Waals surface area contributed by atoms with Crippen LogP contribution in [0.1, 0.15) is 146 Å². The third kappa shape index (κ3) is 10.6. The van der Waals surface area contributed by atoms with Gasteiger partial charge in [-0.3, -0.25) is 0 Å². The first-order valence-corrected chi connectivity index (χ1v) is 16.8. The summed E-state index contributed by atoms with van der Waals surface area (Å²) < 4.78 is 2.56. The maximum atomic E-state index is 3.77. The molecule has 0 fully saturated rings. The van der Waals surface area contributed by atoms with Crippen molar-refractivity contribution in [2.24, 2.45) is 0 Å². The van der Waals surface area contributed by atoms with Crippen molar-refractivity contribution in [2.75, 3.05) is 0 Å². The van der Waals surface area contributed by atoms with Gasteiger partial charge in [0.2, 0.25) is 0 Å². The van der Waals surface area contributed by atoms with E-state index in [9.17, 15) is 0 Å². The average Bonchev–Trinajstić information content (AvgIpc) is 3.44. The molecule has 1 heterocycles. The second kappa shape index (κ2) is 18.9. The summed E-state index contributed by atoms with van der Waals surface area (Å²) in [6.45, 7) is 8.26. The Morgan fingerprint density at radius 2 is 1.18 bits per heavy atom. The van der Waals surface area contributed by atoms with Gasteiger partial charge in [0.15, 0.2) is 0 Å². The van der Waals surface area contributed by atoms with E-state index in [-0.39, 0.29) is 5.41 Å². The van der Waals surface area contributed by atoms with Crippen LogP contribution in [0.15, 0.2) is 73.1 Å². The predicted molar refractivity (Wildman–Crippen MR) is 173 cm³/mol. The van der Waals surface area contributed by atoms with E-state index in [0.29, 0.717) is 5.92 Å². The molecule has 0 saturated carbocycles. The van der Waals surface area contributed by atoms with Crippen LogP contribution in [-0.2, 0) is 18.4 Å². The molecule has 0 amide bonds. The number of hydrogen-bond acceptors (Lipinski definition) is 0. The lowest BCUT2D eigenvalue weighted by molar-refractivity contribution is -0.705. The van der Waals surface area contributed by atoms with Crippen LogP contribution < -0.4 is 4.57 Å². The lowest BCUT2D eigenvalue weighted by Gasteiger charge is -2.37. The van der Waals surface area contributed by atoms with Gasteiger partial charge in [0.1, 0.15) is 12.4 Å². The first-order chi connectivity index (χ1) is 19.7. The van der Waals surface area contributed by atoms with Crippen molar-refractivity contribution in [1.82, 2.24) is 4.98 Å². The van der Waals surface area contributed by atoms with E-state index in [0.717, 1.165) is 13.0 Å². The fourth-order valence-corrected chi connectivity index (χ4v) is 6.62. The standard InChI is InChI=1S/C38H58N2/c1-4-6-8-10-12-13-14-15-23-29-36(37-39-30-32-40(37)31-24-16-11-9-7-5-2)38(3,35-27-21-18-22-28-35)33-34-25-19-17-20-26-34/h17-22,25-28,30,32,36H,4-16,23-24,29,31,33H2,1-3H3/p+1. The number of hydrogen-bond donors (Lipinski definition) is 1. The molecule has 0 radical (unpaired) electrons. The lowest BCUT2D eigenvalue weighted by atomic mass is 9.66. The van der Waals surface area contributed by atoms with Crippen LogP contribution in [-0.4, -0.2) is 4.98 Å². The first-order valence-electron chi connectivity index (χ1n) is 16.8. The third-order valence-corrected chi connectivity index (χ3v) is 9.09. The van der Waals surface area contributed by atoms with Crippen molar-refractivity contribution in [3.63, 3.8) is 0 Å². The molecular formula is C38H59N2+. The summed E-state index contributed by atoms with van der Waals surface area (Å²) in [5, 5.41) is 0. The molecule has 1 N–H and O–H groups in total. The molecule has 220 valence electrons. The molecule has 1 aromatic heterocycles. The van der Waals surface area contributed by atoms with Gasteiger partial charge in [0, 0.05) is 5.41 Å². The predicted octanol–water partition coefficient (Wildman–Crippen LogP) is 10.9. The van der Waals surface area contributed by atoms with Gasteiger partial charge >= 0.3 is 0 Å². The Kier molecular flexibility index (Phi) is 15.2. The van der Waals surface area contributed by atoms with Crippen molar-refractivity contribution in [3.05, 3.63) is 90.0 Å². The fraction of sp³-hybridized carbons (Fsp3) is 0.605. The highest BCUT2D eigenvalue weighted by molar-refractivity contribution is 5.32. The third-order valence-electron chi connectivity index (χ3n) is 9.09. The number of H-pyrrole nitrogens is 1. The number of unbranched alkanes of at least 4 members (excludes halogenated alkanes) is 13. The molecule has 0 saturated heterocycles. The highest BCUT2D eigenvalue weighted by atomic mass is 15.1. The van der Waals surface area contributed by atoms with E-state index in [1.807, 2.05) is 0 Å². The van der Waals surface area contributed by atoms with Crippen molar-refractivity contribution in [1.29, 1.82) is 0 Å². The van der Waals surface area contributed by atoms with Crippen LogP contribution in [0.4, 0.5) is 0 Å². The van der Waals surface area contributed by atoms with E-state index in [4.69, 9.17) is 0 Å². The smallest absolute Gasteiger partial charge is 0.247 e. The quantitative estimate of drug-likeness (QED) is 0.0960. The Labute approximate surface area is 247 Å². The summed E-state index contributed by atoms with van der Waals surface area (Å²) >= 11 is 0. The van der Waals surface area contributed by atoms with Crippen LogP contribution in [0.25, 0.3) is 0 Å². The molecule has 2 atom stereocenters. The summed E-state index contributed by atoms with van der Waals surface area (Å²) in [4.78, 5) is 3.77. The van der Waals surface area contributed by atoms with Gasteiger partial charge in [0.05, 0.1) is 12.5 Å². The van der Waals surface area contributed by atoms with Gasteiger partial charge in [0.25, 0.3) is 5.82 Å². The molecule has 2 aromatic carbocycles. The molecule has 2 heteroatoms. The Morgan fingerprint density at radius 1 is 0.650 bits per heavy atom. The van der Waals surface area contributed by atoms with Crippen LogP contribution in [0, 0.1) is 0 Å². The highest BCUT2D eigenvalue weighted by Gasteiger charge is 2.41. The van der Waals surface area contributed by atoms with E-state index >= 15 is 0 Å². The van der Waals surface area contributed by atoms with Crippen molar-refractivity contribution >= 4 is 0 Å². The van der Waals surface area contributed by atoms with E-state index in [1.165, 1.54) is 120 Å². The second-order valence-electron chi connectivity index (χ2n) is 12.4. The number of rotatable bonds is 22. The van der Waals surface area contributed by atoms with E-state index < -0.39 is 0 Å². The number of nitrogens with one attached hydrogen (secondary N) is 1. The molecule has 40 heavy (non-hydrogen) atoms. The second-order valence-corrected chi connectivity index (χ2v) is 12.4. The molecule has 0 aliphatic carbocycles. The van der Waals surface area contributed by atoms with Crippen molar-refractivity contribution in [3.8, 4) is 0 Å². The van der Waals surface area contributed by atoms with Crippen LogP contribution in [0.3, 0.4) is 0 Å². The zero-order chi connectivity index (χ0) is 28.3. The normalized spacial score (nSPS) is 13.8. The minimum absolute atomic E-state index is 0.0104. The molecule has 0 bridgehead atoms. The number of nitrogens with zero attached hydrogens (tertiary/aromatic N) is 1. The van der Waals surface area contributed by atoms with Crippen LogP contribution >= 0.6 is 0 Å². The van der Waals surface area contributed by atoms with E-state index in [1.54, 1.807) is 0 Å². The number of aryl methyl sites for hydroxylation is 1. The van der Waals surface area contributed by atoms with E-state index in [2.05, 4.69) is 103 Å². The zero-order valence-corrected chi connectivity index (χ0v) is 26.2. The van der Waals surface area contributed by atoms with Crippen LogP contribution in [0.2, 0.25) is 0 Å². The molecule has 3 aromatic rings. The monoisotopic (exact) mass is 543 g/mol. The van der Waals surface area contributed by atoms with Gasteiger partial charge < -0.3 is 0 Å². The fourth-order valence-electron chi connectivity index (χ4n) is 6.62. The Balaban J connectivity index is 1.77. The summed E-state index contributed by atoms with van der Waals surface area (Å²) in [6.07, 6.45) is 27.2. The Hall–Kier alpha value is -2.35. The molecule has 0 spiro atoms. The number of aromatic amines is 1. The Bertz CT molecular complexity index is 1010. The number of imidazole rings is 1. The van der Waals surface area contributed by atoms with Gasteiger partial charge in [-0.15, -0.1) is 0 Å². The van der Waals surface area contributed by atoms with Gasteiger partial charge in [-0.05, 0) is 36.8 Å². The summed E-state index contributed by atoms with van der Waals surface area (Å²) in [5.41, 5.74) is 2.90. The molecule has 2 nitrogen and oxygen atoms in total. The maximum Gasteiger partial charge on any atom is 0.258 e.